The van der Waals surface area contributed by atoms with Gasteiger partial charge in [-0.25, -0.2) is 0 Å². The number of ether oxygens (including phenoxy) is 2. The molecule has 0 saturated heterocycles. The summed E-state index contributed by atoms with van der Waals surface area (Å²) in [6.45, 7) is 5.59. The van der Waals surface area contributed by atoms with Crippen molar-refractivity contribution in [1.29, 1.82) is 0 Å². The number of hydrogen-bond donors (Lipinski definition) is 1. The third-order valence-electron chi connectivity index (χ3n) is 1.82. The summed E-state index contributed by atoms with van der Waals surface area (Å²) in [4.78, 5) is 11.2. The minimum absolute atomic E-state index is 0.321. The van der Waals surface area contributed by atoms with E-state index < -0.39 is 6.04 Å². The van der Waals surface area contributed by atoms with Crippen LogP contribution in [0.15, 0.2) is 0 Å². The van der Waals surface area contributed by atoms with Crippen molar-refractivity contribution >= 4 is 5.97 Å². The topological polar surface area (TPSA) is 61.5 Å². The number of nitrogens with two attached hydrogens (primary N) is 1. The Hall–Kier alpha value is -0.610. The van der Waals surface area contributed by atoms with E-state index in [2.05, 4.69) is 0 Å². The Bertz CT molecular complexity index is 150. The third kappa shape index (κ3) is 6.86. The van der Waals surface area contributed by atoms with Gasteiger partial charge >= 0.3 is 5.97 Å². The Morgan fingerprint density at radius 3 is 2.64 bits per heavy atom. The van der Waals surface area contributed by atoms with Crippen molar-refractivity contribution in [2.24, 2.45) is 5.73 Å². The summed E-state index contributed by atoms with van der Waals surface area (Å²) in [5.74, 6) is -0.321. The molecule has 0 rings (SSSR count). The predicted octanol–water partition coefficient (Wildman–Crippen LogP) is 1.08. The molecule has 4 nitrogen and oxygen atoms in total. The minimum atomic E-state index is -0.543. The fourth-order valence-electron chi connectivity index (χ4n) is 0.897. The van der Waals surface area contributed by atoms with Crippen LogP contribution in [0.4, 0.5) is 0 Å². The van der Waals surface area contributed by atoms with Gasteiger partial charge in [0.15, 0.2) is 0 Å². The fraction of sp³-hybridized carbons (Fsp3) is 0.900. The number of esters is 1. The van der Waals surface area contributed by atoms with Gasteiger partial charge in [-0.15, -0.1) is 0 Å². The molecule has 0 aliphatic rings. The van der Waals surface area contributed by atoms with Gasteiger partial charge in [0.25, 0.3) is 0 Å². The highest BCUT2D eigenvalue weighted by Crippen LogP contribution is 1.95. The van der Waals surface area contributed by atoms with Crippen molar-refractivity contribution < 1.29 is 14.3 Å². The average molecular weight is 203 g/mol. The lowest BCUT2D eigenvalue weighted by Crippen LogP contribution is -2.33. The first kappa shape index (κ1) is 13.4. The molecule has 0 radical (unpaired) electrons. The van der Waals surface area contributed by atoms with E-state index in [-0.39, 0.29) is 5.97 Å². The Morgan fingerprint density at radius 1 is 1.36 bits per heavy atom. The van der Waals surface area contributed by atoms with Crippen LogP contribution in [0, 0.1) is 0 Å². The van der Waals surface area contributed by atoms with E-state index in [1.165, 1.54) is 0 Å². The molecule has 0 aliphatic heterocycles. The minimum Gasteiger partial charge on any atom is -0.465 e. The van der Waals surface area contributed by atoms with E-state index >= 15 is 0 Å². The highest BCUT2D eigenvalue weighted by Gasteiger charge is 2.13. The lowest BCUT2D eigenvalue weighted by Gasteiger charge is -2.10. The zero-order valence-electron chi connectivity index (χ0n) is 9.12. The van der Waals surface area contributed by atoms with E-state index in [1.807, 2.05) is 13.8 Å². The van der Waals surface area contributed by atoms with Crippen LogP contribution in [0.5, 0.6) is 0 Å². The summed E-state index contributed by atoms with van der Waals surface area (Å²) in [7, 11) is 0. The Labute approximate surface area is 85.8 Å². The van der Waals surface area contributed by atoms with E-state index in [1.54, 1.807) is 0 Å². The van der Waals surface area contributed by atoms with Crippen molar-refractivity contribution in [2.45, 2.75) is 39.2 Å². The summed E-state index contributed by atoms with van der Waals surface area (Å²) in [6, 6.07) is -0.543. The molecule has 84 valence electrons. The molecule has 0 heterocycles. The van der Waals surface area contributed by atoms with Crippen molar-refractivity contribution in [3.05, 3.63) is 0 Å². The van der Waals surface area contributed by atoms with Gasteiger partial charge in [-0.05, 0) is 19.8 Å². The number of carbonyl (C=O) groups excluding carboxylic acids is 1. The van der Waals surface area contributed by atoms with Crippen LogP contribution in [0.2, 0.25) is 0 Å². The lowest BCUT2D eigenvalue weighted by molar-refractivity contribution is -0.145. The largest absolute Gasteiger partial charge is 0.465 e. The third-order valence-corrected chi connectivity index (χ3v) is 1.82. The van der Waals surface area contributed by atoms with Gasteiger partial charge in [0, 0.05) is 13.2 Å². The van der Waals surface area contributed by atoms with Crippen LogP contribution in [0.1, 0.15) is 33.1 Å². The highest BCUT2D eigenvalue weighted by molar-refractivity contribution is 5.75. The molecule has 2 N–H and O–H groups in total. The summed E-state index contributed by atoms with van der Waals surface area (Å²) >= 11 is 0. The maximum Gasteiger partial charge on any atom is 0.322 e. The molecule has 0 amide bonds. The number of unbranched alkanes of at least 4 members (excludes halogenated alkanes) is 1. The van der Waals surface area contributed by atoms with Gasteiger partial charge in [-0.1, -0.05) is 13.3 Å². The molecule has 4 heteroatoms. The molecule has 0 unspecified atom stereocenters. The second-order valence-corrected chi connectivity index (χ2v) is 3.11. The number of rotatable bonds is 8. The van der Waals surface area contributed by atoms with Crippen molar-refractivity contribution in [2.75, 3.05) is 19.8 Å². The normalized spacial score (nSPS) is 12.5. The molecule has 0 aliphatic carbocycles. The van der Waals surface area contributed by atoms with Gasteiger partial charge in [0.2, 0.25) is 0 Å². The Kier molecular flexibility index (Phi) is 8.57. The molecule has 14 heavy (non-hydrogen) atoms. The van der Waals surface area contributed by atoms with Crippen LogP contribution < -0.4 is 5.73 Å². The van der Waals surface area contributed by atoms with Crippen LogP contribution in [0.3, 0.4) is 0 Å². The maximum absolute atomic E-state index is 11.2. The first-order valence-corrected chi connectivity index (χ1v) is 5.22. The summed E-state index contributed by atoms with van der Waals surface area (Å²) in [6.07, 6.45) is 2.43. The van der Waals surface area contributed by atoms with E-state index in [0.29, 0.717) is 26.2 Å². The predicted molar refractivity (Wildman–Crippen MR) is 55.0 cm³/mol. The summed E-state index contributed by atoms with van der Waals surface area (Å²) in [5, 5.41) is 0. The summed E-state index contributed by atoms with van der Waals surface area (Å²) < 4.78 is 10.0. The molecule has 0 fully saturated rings. The standard InChI is InChI=1S/C10H21NO3/c1-3-5-7-14-10(12)9(11)6-8-13-4-2/h9H,3-8,11H2,1-2H3/t9-/m0/s1. The molecule has 0 aromatic heterocycles. The van der Waals surface area contributed by atoms with Gasteiger partial charge in [-0.2, -0.15) is 0 Å². The second-order valence-electron chi connectivity index (χ2n) is 3.11. The average Bonchev–Trinajstić information content (AvgIpc) is 2.18. The molecular formula is C10H21NO3. The quantitative estimate of drug-likeness (QED) is 0.473. The van der Waals surface area contributed by atoms with Crippen LogP contribution in [-0.4, -0.2) is 31.8 Å². The lowest BCUT2D eigenvalue weighted by atomic mass is 10.2. The molecule has 0 aromatic rings. The molecular weight excluding hydrogens is 182 g/mol. The SMILES string of the molecule is CCCCOC(=O)[C@@H](N)CCOCC. The van der Waals surface area contributed by atoms with E-state index in [9.17, 15) is 4.79 Å². The monoisotopic (exact) mass is 203 g/mol. The molecule has 0 saturated carbocycles. The molecule has 0 aromatic carbocycles. The van der Waals surface area contributed by atoms with Crippen LogP contribution in [0.25, 0.3) is 0 Å². The van der Waals surface area contributed by atoms with Crippen molar-refractivity contribution in [3.63, 3.8) is 0 Å². The summed E-state index contributed by atoms with van der Waals surface area (Å²) in [5.41, 5.74) is 5.59. The highest BCUT2D eigenvalue weighted by atomic mass is 16.5. The Balaban J connectivity index is 3.44. The number of carbonyl (C=O) groups is 1. The first-order valence-electron chi connectivity index (χ1n) is 5.22. The maximum atomic E-state index is 11.2. The van der Waals surface area contributed by atoms with Gasteiger partial charge in [0.1, 0.15) is 6.04 Å². The molecule has 1 atom stereocenters. The smallest absolute Gasteiger partial charge is 0.322 e. The van der Waals surface area contributed by atoms with Gasteiger partial charge < -0.3 is 15.2 Å². The molecule has 0 spiro atoms. The second kappa shape index (κ2) is 8.97. The molecule has 0 bridgehead atoms. The van der Waals surface area contributed by atoms with Crippen LogP contribution in [-0.2, 0) is 14.3 Å². The van der Waals surface area contributed by atoms with Gasteiger partial charge in [0.05, 0.1) is 6.61 Å². The first-order chi connectivity index (χ1) is 6.72. The van der Waals surface area contributed by atoms with E-state index in [4.69, 9.17) is 15.2 Å². The van der Waals surface area contributed by atoms with Crippen molar-refractivity contribution in [3.8, 4) is 0 Å². The number of hydrogen-bond acceptors (Lipinski definition) is 4. The fourth-order valence-corrected chi connectivity index (χ4v) is 0.897. The van der Waals surface area contributed by atoms with E-state index in [0.717, 1.165) is 12.8 Å². The van der Waals surface area contributed by atoms with Gasteiger partial charge in [-0.3, -0.25) is 4.79 Å². The zero-order chi connectivity index (χ0) is 10.8. The zero-order valence-corrected chi connectivity index (χ0v) is 9.12. The van der Waals surface area contributed by atoms with Crippen LogP contribution >= 0.6 is 0 Å². The van der Waals surface area contributed by atoms with Crippen molar-refractivity contribution in [1.82, 2.24) is 0 Å². The Morgan fingerprint density at radius 2 is 2.07 bits per heavy atom.